The molecule has 3 rings (SSSR count). The van der Waals surface area contributed by atoms with Gasteiger partial charge in [-0.25, -0.2) is 8.42 Å². The molecule has 0 fully saturated rings. The van der Waals surface area contributed by atoms with Gasteiger partial charge in [0, 0.05) is 16.8 Å². The van der Waals surface area contributed by atoms with Crippen LogP contribution in [0.25, 0.3) is 0 Å². The average Bonchev–Trinajstić information content (AvgIpc) is 2.72. The number of sulfonamides is 1. The van der Waals surface area contributed by atoms with Crippen LogP contribution in [0.4, 0.5) is 5.69 Å². The molecule has 6 nitrogen and oxygen atoms in total. The van der Waals surface area contributed by atoms with Crippen LogP contribution in [-0.4, -0.2) is 28.4 Å². The summed E-state index contributed by atoms with van der Waals surface area (Å²) in [6.45, 7) is 1.88. The van der Waals surface area contributed by atoms with Gasteiger partial charge in [0.2, 0.25) is 0 Å². The highest BCUT2D eigenvalue weighted by atomic mass is 32.2. The van der Waals surface area contributed by atoms with Gasteiger partial charge in [0.25, 0.3) is 10.0 Å². The van der Waals surface area contributed by atoms with Crippen molar-refractivity contribution in [2.75, 3.05) is 18.9 Å². The summed E-state index contributed by atoms with van der Waals surface area (Å²) >= 11 is 0. The zero-order valence-corrected chi connectivity index (χ0v) is 17.1. The summed E-state index contributed by atoms with van der Waals surface area (Å²) in [6, 6.07) is 17.8. The molecule has 0 aliphatic heterocycles. The maximum Gasteiger partial charge on any atom is 0.261 e. The number of aryl methyl sites for hydroxylation is 1. The Kier molecular flexibility index (Phi) is 5.89. The van der Waals surface area contributed by atoms with E-state index in [-0.39, 0.29) is 10.7 Å². The second kappa shape index (κ2) is 8.36. The van der Waals surface area contributed by atoms with Gasteiger partial charge in [-0.2, -0.15) is 0 Å². The molecule has 0 saturated heterocycles. The van der Waals surface area contributed by atoms with Crippen LogP contribution in [0.5, 0.6) is 11.5 Å². The molecule has 3 aromatic carbocycles. The number of hydrogen-bond acceptors (Lipinski definition) is 5. The maximum atomic E-state index is 12.9. The lowest BCUT2D eigenvalue weighted by Gasteiger charge is -2.11. The van der Waals surface area contributed by atoms with Crippen molar-refractivity contribution < 1.29 is 22.7 Å². The van der Waals surface area contributed by atoms with Crippen LogP contribution >= 0.6 is 0 Å². The standard InChI is InChI=1S/C22H21NO5S/c1-15-7-10-19(11-8-15)29(25,26)23-18-6-4-5-16(13-18)22(24)17-9-12-20(27-2)21(14-17)28-3/h4-14,23H,1-3H3. The monoisotopic (exact) mass is 411 g/mol. The summed E-state index contributed by atoms with van der Waals surface area (Å²) in [5.41, 5.74) is 2.02. The van der Waals surface area contributed by atoms with E-state index in [0.29, 0.717) is 28.3 Å². The number of methoxy groups -OCH3 is 2. The number of hydrogen-bond donors (Lipinski definition) is 1. The van der Waals surface area contributed by atoms with Crippen LogP contribution in [0.1, 0.15) is 21.5 Å². The minimum absolute atomic E-state index is 0.153. The fraction of sp³-hybridized carbons (Fsp3) is 0.136. The van der Waals surface area contributed by atoms with Gasteiger partial charge in [0.1, 0.15) is 0 Å². The second-order valence-electron chi connectivity index (χ2n) is 6.40. The Labute approximate surface area is 170 Å². The predicted octanol–water partition coefficient (Wildman–Crippen LogP) is 4.04. The first-order valence-corrected chi connectivity index (χ1v) is 10.3. The van der Waals surface area contributed by atoms with E-state index in [1.165, 1.54) is 32.4 Å². The quantitative estimate of drug-likeness (QED) is 0.593. The Balaban J connectivity index is 1.87. The van der Waals surface area contributed by atoms with Crippen molar-refractivity contribution in [3.05, 3.63) is 83.4 Å². The predicted molar refractivity (Wildman–Crippen MR) is 111 cm³/mol. The molecule has 0 spiro atoms. The highest BCUT2D eigenvalue weighted by molar-refractivity contribution is 7.92. The minimum Gasteiger partial charge on any atom is -0.493 e. The number of ether oxygens (including phenoxy) is 2. The molecule has 0 bridgehead atoms. The van der Waals surface area contributed by atoms with Crippen molar-refractivity contribution in [3.8, 4) is 11.5 Å². The van der Waals surface area contributed by atoms with E-state index in [0.717, 1.165) is 5.56 Å². The number of carbonyl (C=O) groups excluding carboxylic acids is 1. The Morgan fingerprint density at radius 3 is 2.14 bits per heavy atom. The van der Waals surface area contributed by atoms with Gasteiger partial charge in [0.05, 0.1) is 19.1 Å². The molecule has 0 aromatic heterocycles. The molecule has 0 saturated carbocycles. The van der Waals surface area contributed by atoms with E-state index in [1.807, 2.05) is 6.92 Å². The molecule has 29 heavy (non-hydrogen) atoms. The van der Waals surface area contributed by atoms with Crippen LogP contribution in [0.15, 0.2) is 71.6 Å². The SMILES string of the molecule is COc1ccc(C(=O)c2cccc(NS(=O)(=O)c3ccc(C)cc3)c2)cc1OC. The first kappa shape index (κ1) is 20.4. The Bertz CT molecular complexity index is 1140. The van der Waals surface area contributed by atoms with Crippen molar-refractivity contribution in [3.63, 3.8) is 0 Å². The molecular weight excluding hydrogens is 390 g/mol. The van der Waals surface area contributed by atoms with Crippen molar-refractivity contribution in [1.82, 2.24) is 0 Å². The molecule has 0 heterocycles. The molecule has 3 aromatic rings. The Hall–Kier alpha value is -3.32. The Morgan fingerprint density at radius 2 is 1.48 bits per heavy atom. The van der Waals surface area contributed by atoms with E-state index in [2.05, 4.69) is 4.72 Å². The molecule has 0 unspecified atom stereocenters. The summed E-state index contributed by atoms with van der Waals surface area (Å²) < 4.78 is 38.1. The first-order valence-electron chi connectivity index (χ1n) is 8.80. The van der Waals surface area contributed by atoms with Gasteiger partial charge in [-0.1, -0.05) is 29.8 Å². The molecule has 7 heteroatoms. The van der Waals surface area contributed by atoms with Gasteiger partial charge in [0.15, 0.2) is 17.3 Å². The molecule has 150 valence electrons. The van der Waals surface area contributed by atoms with Crippen LogP contribution in [0.3, 0.4) is 0 Å². The maximum absolute atomic E-state index is 12.9. The zero-order chi connectivity index (χ0) is 21.0. The van der Waals surface area contributed by atoms with E-state index in [4.69, 9.17) is 9.47 Å². The van der Waals surface area contributed by atoms with Crippen molar-refractivity contribution in [2.45, 2.75) is 11.8 Å². The molecule has 0 radical (unpaired) electrons. The normalized spacial score (nSPS) is 11.0. The number of carbonyl (C=O) groups is 1. The van der Waals surface area contributed by atoms with Crippen LogP contribution in [-0.2, 0) is 10.0 Å². The van der Waals surface area contributed by atoms with Gasteiger partial charge in [-0.3, -0.25) is 9.52 Å². The summed E-state index contributed by atoms with van der Waals surface area (Å²) in [6.07, 6.45) is 0. The fourth-order valence-electron chi connectivity index (χ4n) is 2.80. The van der Waals surface area contributed by atoms with E-state index in [9.17, 15) is 13.2 Å². The lowest BCUT2D eigenvalue weighted by Crippen LogP contribution is -2.13. The van der Waals surface area contributed by atoms with Crippen LogP contribution < -0.4 is 14.2 Å². The van der Waals surface area contributed by atoms with Gasteiger partial charge >= 0.3 is 0 Å². The second-order valence-corrected chi connectivity index (χ2v) is 8.08. The van der Waals surface area contributed by atoms with Crippen LogP contribution in [0, 0.1) is 6.92 Å². The first-order chi connectivity index (χ1) is 13.8. The van der Waals surface area contributed by atoms with Crippen LogP contribution in [0.2, 0.25) is 0 Å². The third kappa shape index (κ3) is 4.57. The number of benzene rings is 3. The molecule has 0 atom stereocenters. The number of anilines is 1. The summed E-state index contributed by atoms with van der Waals surface area (Å²) in [7, 11) is -0.745. The summed E-state index contributed by atoms with van der Waals surface area (Å²) in [5.74, 6) is 0.695. The molecule has 0 aliphatic carbocycles. The lowest BCUT2D eigenvalue weighted by atomic mass is 10.0. The van der Waals surface area contributed by atoms with E-state index >= 15 is 0 Å². The van der Waals surface area contributed by atoms with Gasteiger partial charge < -0.3 is 9.47 Å². The number of nitrogens with one attached hydrogen (secondary N) is 1. The van der Waals surface area contributed by atoms with Crippen molar-refractivity contribution in [2.24, 2.45) is 0 Å². The van der Waals surface area contributed by atoms with Gasteiger partial charge in [-0.15, -0.1) is 0 Å². The molecular formula is C22H21NO5S. The fourth-order valence-corrected chi connectivity index (χ4v) is 3.85. The van der Waals surface area contributed by atoms with Gasteiger partial charge in [-0.05, 0) is 49.4 Å². The van der Waals surface area contributed by atoms with Crippen molar-refractivity contribution in [1.29, 1.82) is 0 Å². The topological polar surface area (TPSA) is 81.7 Å². The minimum atomic E-state index is -3.75. The highest BCUT2D eigenvalue weighted by Crippen LogP contribution is 2.29. The average molecular weight is 411 g/mol. The zero-order valence-electron chi connectivity index (χ0n) is 16.3. The molecule has 0 amide bonds. The smallest absolute Gasteiger partial charge is 0.261 e. The highest BCUT2D eigenvalue weighted by Gasteiger charge is 2.16. The van der Waals surface area contributed by atoms with E-state index < -0.39 is 10.0 Å². The summed E-state index contributed by atoms with van der Waals surface area (Å²) in [5, 5.41) is 0. The van der Waals surface area contributed by atoms with Crippen molar-refractivity contribution >= 4 is 21.5 Å². The van der Waals surface area contributed by atoms with E-state index in [1.54, 1.807) is 48.5 Å². The Morgan fingerprint density at radius 1 is 0.828 bits per heavy atom. The number of rotatable bonds is 7. The molecule has 1 N–H and O–H groups in total. The summed E-state index contributed by atoms with van der Waals surface area (Å²) in [4.78, 5) is 13.0. The third-order valence-corrected chi connectivity index (χ3v) is 5.75. The molecule has 0 aliphatic rings. The lowest BCUT2D eigenvalue weighted by molar-refractivity contribution is 0.103. The largest absolute Gasteiger partial charge is 0.493 e. The number of ketones is 1. The third-order valence-electron chi connectivity index (χ3n) is 4.35.